The minimum Gasteiger partial charge on any atom is -0.495 e. The highest BCUT2D eigenvalue weighted by Gasteiger charge is 2.21. The van der Waals surface area contributed by atoms with E-state index in [1.54, 1.807) is 6.07 Å². The Labute approximate surface area is 120 Å². The van der Waals surface area contributed by atoms with Gasteiger partial charge in [0.05, 0.1) is 30.4 Å². The number of anilines is 1. The molecule has 114 valence electrons. The van der Waals surface area contributed by atoms with Gasteiger partial charge in [-0.1, -0.05) is 0 Å². The molecule has 0 unspecified atom stereocenters. The van der Waals surface area contributed by atoms with E-state index in [4.69, 9.17) is 15.2 Å². The van der Waals surface area contributed by atoms with E-state index in [1.807, 2.05) is 13.8 Å². The molecule has 0 saturated heterocycles. The summed E-state index contributed by atoms with van der Waals surface area (Å²) < 4.78 is 36.3. The molecule has 20 heavy (non-hydrogen) atoms. The Bertz CT molecular complexity index is 543. The van der Waals surface area contributed by atoms with E-state index >= 15 is 0 Å². The molecule has 0 amide bonds. The molecule has 0 radical (unpaired) electrons. The van der Waals surface area contributed by atoms with E-state index in [1.165, 1.54) is 30.6 Å². The number of nitrogen functional groups attached to an aromatic ring is 1. The van der Waals surface area contributed by atoms with Crippen LogP contribution in [-0.2, 0) is 14.8 Å². The molecule has 0 saturated carbocycles. The van der Waals surface area contributed by atoms with E-state index < -0.39 is 10.0 Å². The Morgan fingerprint density at radius 3 is 2.50 bits per heavy atom. The fourth-order valence-corrected chi connectivity index (χ4v) is 2.78. The Kier molecular flexibility index (Phi) is 5.79. The molecule has 0 bridgehead atoms. The zero-order chi connectivity index (χ0) is 15.3. The number of sulfonamides is 1. The number of methoxy groups -OCH3 is 1. The molecular weight excluding hydrogens is 280 g/mol. The minimum absolute atomic E-state index is 0.0720. The van der Waals surface area contributed by atoms with Crippen molar-refractivity contribution in [2.45, 2.75) is 24.8 Å². The third-order valence-corrected chi connectivity index (χ3v) is 4.62. The van der Waals surface area contributed by atoms with Gasteiger partial charge in [-0.2, -0.15) is 4.31 Å². The first-order valence-corrected chi connectivity index (χ1v) is 7.74. The molecule has 0 aliphatic heterocycles. The molecule has 0 fully saturated rings. The number of rotatable bonds is 7. The molecule has 0 aliphatic rings. The van der Waals surface area contributed by atoms with Gasteiger partial charge in [0.2, 0.25) is 10.0 Å². The highest BCUT2D eigenvalue weighted by molar-refractivity contribution is 7.89. The molecular formula is C13H22N2O4S. The van der Waals surface area contributed by atoms with Crippen LogP contribution in [0.4, 0.5) is 5.69 Å². The Hall–Kier alpha value is -1.31. The maximum absolute atomic E-state index is 12.3. The van der Waals surface area contributed by atoms with E-state index in [2.05, 4.69) is 0 Å². The summed E-state index contributed by atoms with van der Waals surface area (Å²) in [6.45, 7) is 4.43. The summed E-state index contributed by atoms with van der Waals surface area (Å²) in [4.78, 5) is 0.142. The zero-order valence-corrected chi connectivity index (χ0v) is 13.1. The predicted octanol–water partition coefficient (Wildman–Crippen LogP) is 1.32. The third kappa shape index (κ3) is 4.09. The number of hydrogen-bond donors (Lipinski definition) is 1. The van der Waals surface area contributed by atoms with Crippen molar-refractivity contribution in [1.82, 2.24) is 4.31 Å². The first-order chi connectivity index (χ1) is 9.28. The fraction of sp³-hybridized carbons (Fsp3) is 0.538. The van der Waals surface area contributed by atoms with Gasteiger partial charge in [0.25, 0.3) is 0 Å². The van der Waals surface area contributed by atoms with Crippen LogP contribution in [-0.4, -0.2) is 46.1 Å². The van der Waals surface area contributed by atoms with Gasteiger partial charge in [0.15, 0.2) is 0 Å². The first kappa shape index (κ1) is 16.7. The van der Waals surface area contributed by atoms with Gasteiger partial charge in [0.1, 0.15) is 5.75 Å². The monoisotopic (exact) mass is 302 g/mol. The molecule has 0 spiro atoms. The zero-order valence-electron chi connectivity index (χ0n) is 12.3. The maximum Gasteiger partial charge on any atom is 0.242 e. The second-order valence-corrected chi connectivity index (χ2v) is 6.69. The van der Waals surface area contributed by atoms with Gasteiger partial charge < -0.3 is 15.2 Å². The highest BCUT2D eigenvalue weighted by atomic mass is 32.2. The largest absolute Gasteiger partial charge is 0.495 e. The van der Waals surface area contributed by atoms with Gasteiger partial charge in [-0.25, -0.2) is 8.42 Å². The summed E-state index contributed by atoms with van der Waals surface area (Å²) in [5, 5.41) is 0. The quantitative estimate of drug-likeness (QED) is 0.768. The lowest BCUT2D eigenvalue weighted by molar-refractivity contribution is 0.0737. The number of hydrogen-bond acceptors (Lipinski definition) is 5. The van der Waals surface area contributed by atoms with Crippen LogP contribution >= 0.6 is 0 Å². The van der Waals surface area contributed by atoms with Crippen molar-refractivity contribution in [3.63, 3.8) is 0 Å². The lowest BCUT2D eigenvalue weighted by atomic mass is 10.3. The van der Waals surface area contributed by atoms with Gasteiger partial charge >= 0.3 is 0 Å². The lowest BCUT2D eigenvalue weighted by Crippen LogP contribution is -2.31. The van der Waals surface area contributed by atoms with Crippen molar-refractivity contribution in [2.75, 3.05) is 33.0 Å². The molecule has 7 heteroatoms. The topological polar surface area (TPSA) is 81.9 Å². The second kappa shape index (κ2) is 6.92. The standard InChI is InChI=1S/C13H22N2O4S/c1-10(2)19-8-7-15(3)20(16,17)11-5-6-13(18-4)12(14)9-11/h5-6,9-10H,7-8,14H2,1-4H3. The Morgan fingerprint density at radius 2 is 2.00 bits per heavy atom. The molecule has 0 aromatic heterocycles. The van der Waals surface area contributed by atoms with Crippen LogP contribution in [0, 0.1) is 0 Å². The molecule has 0 atom stereocenters. The van der Waals surface area contributed by atoms with E-state index in [0.29, 0.717) is 18.0 Å². The molecule has 1 rings (SSSR count). The molecule has 0 aliphatic carbocycles. The average Bonchev–Trinajstić information content (AvgIpc) is 2.37. The van der Waals surface area contributed by atoms with Crippen LogP contribution in [0.2, 0.25) is 0 Å². The van der Waals surface area contributed by atoms with Crippen LogP contribution in [0.3, 0.4) is 0 Å². The number of benzene rings is 1. The number of ether oxygens (including phenoxy) is 2. The number of nitrogens with two attached hydrogens (primary N) is 1. The third-order valence-electron chi connectivity index (χ3n) is 2.77. The van der Waals surface area contributed by atoms with Gasteiger partial charge in [-0.3, -0.25) is 0 Å². The molecule has 0 heterocycles. The summed E-state index contributed by atoms with van der Waals surface area (Å²) >= 11 is 0. The van der Waals surface area contributed by atoms with Crippen LogP contribution < -0.4 is 10.5 Å². The molecule has 6 nitrogen and oxygen atoms in total. The Morgan fingerprint density at radius 1 is 1.35 bits per heavy atom. The van der Waals surface area contributed by atoms with Gasteiger partial charge in [0, 0.05) is 13.6 Å². The minimum atomic E-state index is -3.57. The van der Waals surface area contributed by atoms with Crippen molar-refractivity contribution >= 4 is 15.7 Å². The van der Waals surface area contributed by atoms with Crippen molar-refractivity contribution in [3.8, 4) is 5.75 Å². The second-order valence-electron chi connectivity index (χ2n) is 4.65. The number of nitrogens with zero attached hydrogens (tertiary/aromatic N) is 1. The predicted molar refractivity (Wildman–Crippen MR) is 78.3 cm³/mol. The van der Waals surface area contributed by atoms with Gasteiger partial charge in [-0.05, 0) is 32.0 Å². The Balaban J connectivity index is 2.84. The average molecular weight is 302 g/mol. The molecule has 1 aromatic rings. The molecule has 2 N–H and O–H groups in total. The van der Waals surface area contributed by atoms with E-state index in [-0.39, 0.29) is 17.5 Å². The van der Waals surface area contributed by atoms with Crippen LogP contribution in [0.25, 0.3) is 0 Å². The summed E-state index contributed by atoms with van der Waals surface area (Å²) in [6, 6.07) is 4.42. The highest BCUT2D eigenvalue weighted by Crippen LogP contribution is 2.25. The normalized spacial score (nSPS) is 12.1. The number of likely N-dealkylation sites (N-methyl/N-ethyl adjacent to an activating group) is 1. The van der Waals surface area contributed by atoms with E-state index in [9.17, 15) is 8.42 Å². The van der Waals surface area contributed by atoms with E-state index in [0.717, 1.165) is 0 Å². The SMILES string of the molecule is COc1ccc(S(=O)(=O)N(C)CCOC(C)C)cc1N. The first-order valence-electron chi connectivity index (χ1n) is 6.30. The van der Waals surface area contributed by atoms with Crippen LogP contribution in [0.5, 0.6) is 5.75 Å². The van der Waals surface area contributed by atoms with Crippen molar-refractivity contribution in [2.24, 2.45) is 0 Å². The van der Waals surface area contributed by atoms with Crippen LogP contribution in [0.15, 0.2) is 23.1 Å². The summed E-state index contributed by atoms with van der Waals surface area (Å²) in [7, 11) is -0.572. The maximum atomic E-state index is 12.3. The van der Waals surface area contributed by atoms with Crippen LogP contribution in [0.1, 0.15) is 13.8 Å². The summed E-state index contributed by atoms with van der Waals surface area (Å²) in [6.07, 6.45) is 0.0720. The fourth-order valence-electron chi connectivity index (χ4n) is 1.59. The summed E-state index contributed by atoms with van der Waals surface area (Å²) in [5.74, 6) is 0.453. The van der Waals surface area contributed by atoms with Crippen molar-refractivity contribution in [3.05, 3.63) is 18.2 Å². The molecule has 1 aromatic carbocycles. The lowest BCUT2D eigenvalue weighted by Gasteiger charge is -2.18. The summed E-state index contributed by atoms with van der Waals surface area (Å²) in [5.41, 5.74) is 6.03. The van der Waals surface area contributed by atoms with Crippen molar-refractivity contribution < 1.29 is 17.9 Å². The smallest absolute Gasteiger partial charge is 0.242 e. The van der Waals surface area contributed by atoms with Crippen molar-refractivity contribution in [1.29, 1.82) is 0 Å². The van der Waals surface area contributed by atoms with Gasteiger partial charge in [-0.15, -0.1) is 0 Å².